The van der Waals surface area contributed by atoms with E-state index in [0.29, 0.717) is 60.0 Å². The summed E-state index contributed by atoms with van der Waals surface area (Å²) in [5.41, 5.74) is 24.8. The molecule has 2 aromatic carbocycles. The van der Waals surface area contributed by atoms with Crippen LogP contribution in [0.15, 0.2) is 78.3 Å². The number of para-hydroxylation sites is 1. The number of H-pyrrole nitrogens is 2. The summed E-state index contributed by atoms with van der Waals surface area (Å²) < 4.78 is 0. The van der Waals surface area contributed by atoms with E-state index in [4.69, 9.17) is 22.9 Å². The lowest BCUT2D eigenvalue weighted by Crippen LogP contribution is -2.61. The number of likely N-dealkylation sites (tertiary alicyclic amines) is 1. The molecule has 0 bridgehead atoms. The molecule has 3 heterocycles. The number of benzene rings is 2. The quantitative estimate of drug-likeness (QED) is 0.00947. The Morgan fingerprint density at radius 1 is 0.644 bits per heavy atom. The molecule has 5 rings (SSSR count). The van der Waals surface area contributed by atoms with Gasteiger partial charge in [-0.2, -0.15) is 25.3 Å². The van der Waals surface area contributed by atoms with Gasteiger partial charge in [0.1, 0.15) is 54.4 Å². The number of nitrogens with one attached hydrogen (secondary N) is 10. The second-order valence-electron chi connectivity index (χ2n) is 20.8. The van der Waals surface area contributed by atoms with Gasteiger partial charge in [0.05, 0.1) is 6.33 Å². The molecule has 9 atom stereocenters. The molecule has 1 aliphatic heterocycles. The van der Waals surface area contributed by atoms with E-state index >= 15 is 0 Å². The first-order chi connectivity index (χ1) is 41.6. The number of rotatable bonds is 36. The van der Waals surface area contributed by atoms with Crippen LogP contribution in [0.5, 0.6) is 0 Å². The largest absolute Gasteiger partial charge is 0.481 e. The van der Waals surface area contributed by atoms with Crippen LogP contribution >= 0.6 is 25.3 Å². The SMILES string of the molecule is CC(=O)N[C@@H](CS)C(=O)N[C@@H](CCC(=O)O)C(=O)N[C@@H](Cc1cnc[nH]1)C(=O)N[C@H](Cc1ccccc1)C(=O)N[C@@H](CCCN=C(N)N)C(=O)N[C@@H](Cc1c[nH]c2ccccc12)C(=O)N[C@@H](CS)C(=O)N[C@@H](CCCCN)C(=O)N1CCC[C@H]1C(N)=O. The highest BCUT2D eigenvalue weighted by Crippen LogP contribution is 2.22. The summed E-state index contributed by atoms with van der Waals surface area (Å²) in [7, 11) is 0. The number of primary amides is 1. The van der Waals surface area contributed by atoms with Crippen molar-refractivity contribution in [3.63, 3.8) is 0 Å². The first-order valence-corrected chi connectivity index (χ1v) is 29.6. The Kier molecular flexibility index (Phi) is 27.8. The minimum atomic E-state index is -1.55. The number of carboxylic acid groups (broad SMARTS) is 1. The average Bonchev–Trinajstić information content (AvgIpc) is 2.51. The molecule has 1 fully saturated rings. The van der Waals surface area contributed by atoms with Crippen LogP contribution in [0.4, 0.5) is 0 Å². The fourth-order valence-electron chi connectivity index (χ4n) is 9.74. The Morgan fingerprint density at radius 2 is 1.17 bits per heavy atom. The van der Waals surface area contributed by atoms with E-state index in [0.717, 1.165) is 6.92 Å². The maximum atomic E-state index is 14.9. The van der Waals surface area contributed by atoms with Gasteiger partial charge >= 0.3 is 5.97 Å². The number of fused-ring (bicyclic) bond motifs is 1. The van der Waals surface area contributed by atoms with Crippen LogP contribution in [0, 0.1) is 0 Å². The first-order valence-electron chi connectivity index (χ1n) is 28.4. The zero-order valence-electron chi connectivity index (χ0n) is 48.1. The number of hydrogen-bond acceptors (Lipinski definition) is 16. The molecule has 19 N–H and O–H groups in total. The molecule has 31 heteroatoms. The van der Waals surface area contributed by atoms with Crippen molar-refractivity contribution in [2.75, 3.05) is 31.1 Å². The predicted molar refractivity (Wildman–Crippen MR) is 327 cm³/mol. The molecule has 2 aromatic heterocycles. The topological polar surface area (TPSA) is 468 Å². The third kappa shape index (κ3) is 21.9. The Labute approximate surface area is 512 Å². The number of carbonyl (C=O) groups is 11. The number of guanidine groups is 1. The second-order valence-corrected chi connectivity index (χ2v) is 21.6. The minimum Gasteiger partial charge on any atom is -0.481 e. The maximum absolute atomic E-state index is 14.9. The standard InChI is InChI=1S/C56H79N17O12S2/c1-31(74)65-43(28-86)53(83)67-38(18-19-46(75)76)49(79)71-42(25-34-27-61-30-64-34)52(82)69-40(23-32-11-3-2-4-12-32)50(80)66-37(16-9-21-62-56(59)60)48(78)70-41(24-33-26-63-36-14-6-5-13-35(33)36)51(81)72-44(29-87)54(84)68-39(15-7-8-20-57)55(85)73-22-10-17-45(73)47(58)77/h2-6,11-14,26-27,30,37-45,63,86-87H,7-10,15-25,28-29,57H2,1H3,(H2,58,77)(H,61,64)(H,65,74)(H,66,80)(H,67,83)(H,68,84)(H,69,82)(H,70,78)(H,71,79)(H,72,81)(H,75,76)(H4,59,60,62)/t37-,38-,39-,40+,41-,42-,43-,44-,45-/m0/s1. The van der Waals surface area contributed by atoms with Crippen molar-refractivity contribution in [2.45, 2.75) is 138 Å². The van der Waals surface area contributed by atoms with E-state index in [1.165, 1.54) is 17.4 Å². The number of imidazole rings is 1. The summed E-state index contributed by atoms with van der Waals surface area (Å²) in [6, 6.07) is 3.58. The van der Waals surface area contributed by atoms with Gasteiger partial charge in [0.15, 0.2) is 5.96 Å². The highest BCUT2D eigenvalue weighted by Gasteiger charge is 2.39. The van der Waals surface area contributed by atoms with Crippen LogP contribution in [0.25, 0.3) is 10.9 Å². The van der Waals surface area contributed by atoms with E-state index in [2.05, 4.69) is 87.7 Å². The van der Waals surface area contributed by atoms with E-state index in [1.807, 2.05) is 6.07 Å². The van der Waals surface area contributed by atoms with Gasteiger partial charge in [-0.3, -0.25) is 57.7 Å². The molecular formula is C56H79N17O12S2. The van der Waals surface area contributed by atoms with E-state index < -0.39 is 132 Å². The van der Waals surface area contributed by atoms with Crippen LogP contribution < -0.4 is 65.5 Å². The number of aliphatic imine (C=N–C) groups is 1. The number of nitrogens with two attached hydrogens (primary N) is 4. The zero-order chi connectivity index (χ0) is 63.6. The number of carbonyl (C=O) groups excluding carboxylic acids is 10. The molecular weight excluding hydrogens is 1170 g/mol. The second kappa shape index (κ2) is 35.0. The van der Waals surface area contributed by atoms with Crippen LogP contribution in [0.3, 0.4) is 0 Å². The van der Waals surface area contributed by atoms with Gasteiger partial charge in [-0.15, -0.1) is 0 Å². The number of aromatic nitrogens is 3. The molecule has 0 radical (unpaired) electrons. The van der Waals surface area contributed by atoms with Gasteiger partial charge in [0.25, 0.3) is 0 Å². The summed E-state index contributed by atoms with van der Waals surface area (Å²) >= 11 is 8.51. The van der Waals surface area contributed by atoms with Crippen molar-refractivity contribution in [1.29, 1.82) is 0 Å². The highest BCUT2D eigenvalue weighted by atomic mass is 32.1. The number of hydrogen-bond donors (Lipinski definition) is 17. The lowest BCUT2D eigenvalue weighted by molar-refractivity contribution is -0.141. The molecule has 0 saturated carbocycles. The Balaban J connectivity index is 1.46. The highest BCUT2D eigenvalue weighted by molar-refractivity contribution is 7.80. The number of nitrogens with zero attached hydrogens (tertiary/aromatic N) is 3. The van der Waals surface area contributed by atoms with E-state index in [-0.39, 0.29) is 69.1 Å². The summed E-state index contributed by atoms with van der Waals surface area (Å²) in [5, 5.41) is 31.3. The minimum absolute atomic E-state index is 0.00769. The van der Waals surface area contributed by atoms with Gasteiger partial charge in [0, 0.05) is 86.2 Å². The fraction of sp³-hybridized carbons (Fsp3) is 0.482. The molecule has 1 saturated heterocycles. The smallest absolute Gasteiger partial charge is 0.303 e. The van der Waals surface area contributed by atoms with E-state index in [1.54, 1.807) is 54.7 Å². The molecule has 87 heavy (non-hydrogen) atoms. The van der Waals surface area contributed by atoms with E-state index in [9.17, 15) is 57.8 Å². The van der Waals surface area contributed by atoms with Crippen molar-refractivity contribution < 1.29 is 57.8 Å². The Morgan fingerprint density at radius 3 is 1.75 bits per heavy atom. The monoisotopic (exact) mass is 1250 g/mol. The van der Waals surface area contributed by atoms with Crippen molar-refractivity contribution in [3.8, 4) is 0 Å². The lowest BCUT2D eigenvalue weighted by atomic mass is 10.0. The summed E-state index contributed by atoms with van der Waals surface area (Å²) in [5.74, 6) is -10.0. The number of unbranched alkanes of at least 4 members (excludes halogenated alkanes) is 1. The van der Waals surface area contributed by atoms with Crippen molar-refractivity contribution >= 4 is 107 Å². The van der Waals surface area contributed by atoms with Gasteiger partial charge in [-0.25, -0.2) is 4.98 Å². The molecule has 0 unspecified atom stereocenters. The van der Waals surface area contributed by atoms with Gasteiger partial charge < -0.3 is 85.4 Å². The van der Waals surface area contributed by atoms with Gasteiger partial charge in [-0.1, -0.05) is 48.5 Å². The van der Waals surface area contributed by atoms with Gasteiger partial charge in [-0.05, 0) is 75.1 Å². The fourth-order valence-corrected chi connectivity index (χ4v) is 10.3. The van der Waals surface area contributed by atoms with Crippen molar-refractivity contribution in [3.05, 3.63) is 90.1 Å². The normalized spacial score (nSPS) is 15.6. The molecule has 1 aliphatic rings. The van der Waals surface area contributed by atoms with Crippen LogP contribution in [0.2, 0.25) is 0 Å². The number of thiol groups is 2. The maximum Gasteiger partial charge on any atom is 0.303 e. The number of aromatic amines is 2. The summed E-state index contributed by atoms with van der Waals surface area (Å²) in [6.07, 6.45) is 4.65. The Hall–Kier alpha value is -8.71. The molecule has 0 aliphatic carbocycles. The zero-order valence-corrected chi connectivity index (χ0v) is 49.9. The third-order valence-corrected chi connectivity index (χ3v) is 15.0. The van der Waals surface area contributed by atoms with Crippen LogP contribution in [-0.4, -0.2) is 181 Å². The van der Waals surface area contributed by atoms with Crippen LogP contribution in [-0.2, 0) is 72.0 Å². The summed E-state index contributed by atoms with van der Waals surface area (Å²) in [6.45, 7) is 1.71. The number of aliphatic carboxylic acids is 1. The Bertz CT molecular complexity index is 3040. The summed E-state index contributed by atoms with van der Waals surface area (Å²) in [4.78, 5) is 166. The van der Waals surface area contributed by atoms with Crippen LogP contribution in [0.1, 0.15) is 81.5 Å². The van der Waals surface area contributed by atoms with Crippen molar-refractivity contribution in [2.24, 2.45) is 27.9 Å². The molecule has 0 spiro atoms. The van der Waals surface area contributed by atoms with Gasteiger partial charge in [0.2, 0.25) is 59.1 Å². The van der Waals surface area contributed by atoms with Crippen molar-refractivity contribution in [1.82, 2.24) is 62.4 Å². The molecule has 10 amide bonds. The number of amides is 10. The third-order valence-electron chi connectivity index (χ3n) is 14.2. The first kappa shape index (κ1) is 69.1. The number of carboxylic acids is 1. The molecule has 472 valence electrons. The average molecular weight is 1250 g/mol. The molecule has 4 aromatic rings. The lowest BCUT2D eigenvalue weighted by Gasteiger charge is -2.29. The predicted octanol–water partition coefficient (Wildman–Crippen LogP) is -2.80. The molecule has 29 nitrogen and oxygen atoms in total.